The summed E-state index contributed by atoms with van der Waals surface area (Å²) >= 11 is 0. The lowest BCUT2D eigenvalue weighted by Gasteiger charge is -1.91. The molecule has 0 aromatic heterocycles. The van der Waals surface area contributed by atoms with Gasteiger partial charge in [-0.05, 0) is 7.05 Å². The number of carbonyl (C=O) groups is 1. The zero-order valence-corrected chi connectivity index (χ0v) is 4.52. The predicted octanol–water partition coefficient (Wildman–Crippen LogP) is -0.676. The van der Waals surface area contributed by atoms with Gasteiger partial charge in [0.15, 0.2) is 0 Å². The minimum Gasteiger partial charge on any atom is -0.476 e. The Labute approximate surface area is 43.3 Å². The van der Waals surface area contributed by atoms with E-state index in [0.29, 0.717) is 0 Å². The molecule has 0 heterocycles. The summed E-state index contributed by atoms with van der Waals surface area (Å²) in [4.78, 5) is 10.1. The molecular formula is C3H8BNO2. The van der Waals surface area contributed by atoms with E-state index in [1.54, 1.807) is 7.05 Å². The van der Waals surface area contributed by atoms with Crippen molar-refractivity contribution in [2.75, 3.05) is 14.2 Å². The predicted molar refractivity (Wildman–Crippen MR) is 28.6 cm³/mol. The highest BCUT2D eigenvalue weighted by atomic mass is 16.5. The number of ether oxygens (including phenoxy) is 1. The van der Waals surface area contributed by atoms with Crippen molar-refractivity contribution in [3.63, 3.8) is 0 Å². The highest BCUT2D eigenvalue weighted by Gasteiger charge is 1.96. The summed E-state index contributed by atoms with van der Waals surface area (Å²) < 4.78 is 4.29. The molecule has 0 aliphatic heterocycles. The maximum atomic E-state index is 10.1. The molecular weight excluding hydrogens is 92.8 g/mol. The van der Waals surface area contributed by atoms with Gasteiger partial charge in [0, 0.05) is 0 Å². The van der Waals surface area contributed by atoms with E-state index in [2.05, 4.69) is 9.96 Å². The van der Waals surface area contributed by atoms with Crippen molar-refractivity contribution in [3.05, 3.63) is 0 Å². The molecule has 0 unspecified atom stereocenters. The first kappa shape index (κ1) is 6.49. The molecule has 0 saturated heterocycles. The molecule has 0 aliphatic rings. The molecule has 0 aliphatic carbocycles. The Morgan fingerprint density at radius 3 is 2.57 bits per heavy atom. The standard InChI is InChI=1S/C3H8BNO2/c1-5-4-3(6)7-2/h4-5H,1-2H3. The summed E-state index contributed by atoms with van der Waals surface area (Å²) in [6.07, 6.45) is 0. The van der Waals surface area contributed by atoms with Crippen LogP contribution < -0.4 is 5.23 Å². The van der Waals surface area contributed by atoms with E-state index >= 15 is 0 Å². The van der Waals surface area contributed by atoms with Crippen molar-refractivity contribution in [2.45, 2.75) is 0 Å². The van der Waals surface area contributed by atoms with E-state index < -0.39 is 0 Å². The third-order valence-electron chi connectivity index (χ3n) is 0.549. The molecule has 3 nitrogen and oxygen atoms in total. The number of carbonyl (C=O) groups excluding carboxylic acids is 1. The second kappa shape index (κ2) is 3.68. The van der Waals surface area contributed by atoms with Crippen LogP contribution in [-0.4, -0.2) is 27.4 Å². The first-order valence-corrected chi connectivity index (χ1v) is 2.02. The molecule has 0 aromatic carbocycles. The molecule has 4 heteroatoms. The lowest BCUT2D eigenvalue weighted by molar-refractivity contribution is 0.197. The summed E-state index contributed by atoms with van der Waals surface area (Å²) in [7, 11) is 3.34. The Hall–Kier alpha value is -0.505. The van der Waals surface area contributed by atoms with E-state index in [4.69, 9.17) is 0 Å². The zero-order chi connectivity index (χ0) is 5.70. The first-order valence-electron chi connectivity index (χ1n) is 2.02. The Morgan fingerprint density at radius 1 is 1.86 bits per heavy atom. The van der Waals surface area contributed by atoms with E-state index in [9.17, 15) is 4.79 Å². The van der Waals surface area contributed by atoms with Gasteiger partial charge in [-0.2, -0.15) is 0 Å². The minimum atomic E-state index is -0.234. The van der Waals surface area contributed by atoms with Gasteiger partial charge in [-0.25, -0.2) is 0 Å². The third-order valence-corrected chi connectivity index (χ3v) is 0.549. The Kier molecular flexibility index (Phi) is 3.41. The molecule has 7 heavy (non-hydrogen) atoms. The first-order chi connectivity index (χ1) is 3.31. The van der Waals surface area contributed by atoms with E-state index in [-0.39, 0.29) is 13.3 Å². The van der Waals surface area contributed by atoms with Crippen molar-refractivity contribution < 1.29 is 9.53 Å². The van der Waals surface area contributed by atoms with Crippen LogP contribution in [0.1, 0.15) is 0 Å². The van der Waals surface area contributed by atoms with Crippen molar-refractivity contribution in [3.8, 4) is 0 Å². The zero-order valence-electron chi connectivity index (χ0n) is 4.52. The third kappa shape index (κ3) is 3.32. The number of hydrogen-bond donors (Lipinski definition) is 1. The molecule has 0 atom stereocenters. The Bertz CT molecular complexity index is 66.0. The maximum Gasteiger partial charge on any atom is 0.338 e. The van der Waals surface area contributed by atoms with Gasteiger partial charge in [-0.3, -0.25) is 4.79 Å². The van der Waals surface area contributed by atoms with Crippen molar-refractivity contribution in [1.29, 1.82) is 0 Å². The highest BCUT2D eigenvalue weighted by molar-refractivity contribution is 6.69. The normalized spacial score (nSPS) is 7.71. The molecule has 0 rings (SSSR count). The fraction of sp³-hybridized carbons (Fsp3) is 0.667. The van der Waals surface area contributed by atoms with Crippen LogP contribution in [-0.2, 0) is 4.74 Å². The van der Waals surface area contributed by atoms with Crippen LogP contribution in [0.3, 0.4) is 0 Å². The van der Waals surface area contributed by atoms with Gasteiger partial charge in [0.1, 0.15) is 0 Å². The number of nitrogens with one attached hydrogen (secondary N) is 1. The fourth-order valence-electron chi connectivity index (χ4n) is 0.217. The number of hydrogen-bond acceptors (Lipinski definition) is 3. The van der Waals surface area contributed by atoms with E-state index in [0.717, 1.165) is 0 Å². The average molecular weight is 101 g/mol. The topological polar surface area (TPSA) is 38.3 Å². The molecule has 0 aromatic rings. The molecule has 1 N–H and O–H groups in total. The second-order valence-electron chi connectivity index (χ2n) is 1.11. The number of methoxy groups -OCH3 is 1. The lowest BCUT2D eigenvalue weighted by Crippen LogP contribution is -2.22. The summed E-state index contributed by atoms with van der Waals surface area (Å²) in [5, 5.41) is 2.64. The lowest BCUT2D eigenvalue weighted by atomic mass is 9.97. The molecule has 0 amide bonds. The second-order valence-corrected chi connectivity index (χ2v) is 1.11. The molecule has 0 saturated carbocycles. The highest BCUT2D eigenvalue weighted by Crippen LogP contribution is 1.66. The van der Waals surface area contributed by atoms with Gasteiger partial charge in [-0.15, -0.1) is 0 Å². The van der Waals surface area contributed by atoms with E-state index in [1.807, 2.05) is 0 Å². The SMILES string of the molecule is CNBC(=O)OC. The molecule has 0 spiro atoms. The van der Waals surface area contributed by atoms with Crippen LogP contribution in [0.5, 0.6) is 0 Å². The quantitative estimate of drug-likeness (QED) is 0.468. The van der Waals surface area contributed by atoms with Crippen LogP contribution in [0.2, 0.25) is 0 Å². The van der Waals surface area contributed by atoms with Crippen LogP contribution in [0.25, 0.3) is 0 Å². The van der Waals surface area contributed by atoms with Crippen molar-refractivity contribution in [2.24, 2.45) is 0 Å². The van der Waals surface area contributed by atoms with Crippen LogP contribution >= 0.6 is 0 Å². The summed E-state index contributed by atoms with van der Waals surface area (Å²) in [6.45, 7) is 0. The molecule has 0 fully saturated rings. The Balaban J connectivity index is 3.00. The summed E-state index contributed by atoms with van der Waals surface area (Å²) in [6, 6.07) is 0. The summed E-state index contributed by atoms with van der Waals surface area (Å²) in [5.41, 5.74) is 0. The minimum absolute atomic E-state index is 0.234. The van der Waals surface area contributed by atoms with Crippen molar-refractivity contribution >= 4 is 13.3 Å². The molecule has 40 valence electrons. The van der Waals surface area contributed by atoms with Crippen molar-refractivity contribution in [1.82, 2.24) is 5.23 Å². The number of rotatable bonds is 2. The monoisotopic (exact) mass is 101 g/mol. The molecule has 0 bridgehead atoms. The van der Waals surface area contributed by atoms with Gasteiger partial charge in [0.2, 0.25) is 0 Å². The summed E-state index contributed by atoms with van der Waals surface area (Å²) in [5.74, 6) is -0.234. The van der Waals surface area contributed by atoms with Gasteiger partial charge in [0.05, 0.1) is 7.11 Å². The van der Waals surface area contributed by atoms with Gasteiger partial charge < -0.3 is 9.96 Å². The smallest absolute Gasteiger partial charge is 0.338 e. The fourth-order valence-corrected chi connectivity index (χ4v) is 0.217. The van der Waals surface area contributed by atoms with Gasteiger partial charge in [0.25, 0.3) is 5.87 Å². The molecule has 0 radical (unpaired) electrons. The Morgan fingerprint density at radius 2 is 2.43 bits per heavy atom. The van der Waals surface area contributed by atoms with Gasteiger partial charge in [-0.1, -0.05) is 0 Å². The van der Waals surface area contributed by atoms with E-state index in [1.165, 1.54) is 7.11 Å². The maximum absolute atomic E-state index is 10.1. The van der Waals surface area contributed by atoms with Crippen LogP contribution in [0.4, 0.5) is 4.79 Å². The van der Waals surface area contributed by atoms with Crippen LogP contribution in [0, 0.1) is 0 Å². The van der Waals surface area contributed by atoms with Crippen LogP contribution in [0.15, 0.2) is 0 Å². The largest absolute Gasteiger partial charge is 0.476 e. The average Bonchev–Trinajstić information content (AvgIpc) is 1.68. The van der Waals surface area contributed by atoms with Gasteiger partial charge >= 0.3 is 7.41 Å².